The summed E-state index contributed by atoms with van der Waals surface area (Å²) in [6, 6.07) is 13.4. The number of anilines is 1. The highest BCUT2D eigenvalue weighted by atomic mass is 35.5. The Morgan fingerprint density at radius 2 is 1.88 bits per heavy atom. The number of nitrogens with one attached hydrogen (secondary N) is 1. The van der Waals surface area contributed by atoms with Gasteiger partial charge in [-0.25, -0.2) is 4.98 Å². The van der Waals surface area contributed by atoms with Crippen molar-refractivity contribution in [1.82, 2.24) is 15.2 Å². The minimum atomic E-state index is -0.101. The second-order valence-electron chi connectivity index (χ2n) is 6.26. The molecule has 1 atom stereocenters. The van der Waals surface area contributed by atoms with Crippen molar-refractivity contribution in [3.8, 4) is 0 Å². The number of rotatable bonds is 5. The van der Waals surface area contributed by atoms with E-state index in [1.807, 2.05) is 55.6 Å². The standard InChI is InChI=1S/C19H23ClN4O/c1-15(16-6-2-3-7-17(16)20)22-19(25)14-23-10-12-24(13-11-23)18-8-4-5-9-21-18/h2-9,15H,10-14H2,1H3,(H,22,25)/t15-/m1/s1. The molecule has 1 aromatic heterocycles. The Labute approximate surface area is 153 Å². The molecule has 3 rings (SSSR count). The van der Waals surface area contributed by atoms with Crippen LogP contribution in [0.2, 0.25) is 5.02 Å². The normalized spacial score (nSPS) is 16.5. The molecule has 1 saturated heterocycles. The van der Waals surface area contributed by atoms with Crippen molar-refractivity contribution in [3.05, 3.63) is 59.2 Å². The fraction of sp³-hybridized carbons (Fsp3) is 0.368. The first-order chi connectivity index (χ1) is 12.1. The number of hydrogen-bond donors (Lipinski definition) is 1. The summed E-state index contributed by atoms with van der Waals surface area (Å²) in [7, 11) is 0. The second-order valence-corrected chi connectivity index (χ2v) is 6.67. The monoisotopic (exact) mass is 358 g/mol. The summed E-state index contributed by atoms with van der Waals surface area (Å²) >= 11 is 6.20. The predicted molar refractivity (Wildman–Crippen MR) is 101 cm³/mol. The summed E-state index contributed by atoms with van der Waals surface area (Å²) < 4.78 is 0. The van der Waals surface area contributed by atoms with Crippen LogP contribution in [0.5, 0.6) is 0 Å². The molecular weight excluding hydrogens is 336 g/mol. The van der Waals surface area contributed by atoms with Crippen LogP contribution in [0.1, 0.15) is 18.5 Å². The smallest absolute Gasteiger partial charge is 0.234 e. The molecule has 0 bridgehead atoms. The zero-order valence-electron chi connectivity index (χ0n) is 14.4. The molecule has 2 aromatic rings. The van der Waals surface area contributed by atoms with Crippen LogP contribution >= 0.6 is 11.6 Å². The van der Waals surface area contributed by atoms with Crippen LogP contribution in [0.25, 0.3) is 0 Å². The van der Waals surface area contributed by atoms with E-state index in [0.29, 0.717) is 11.6 Å². The van der Waals surface area contributed by atoms with E-state index in [2.05, 4.69) is 20.1 Å². The van der Waals surface area contributed by atoms with Crippen LogP contribution in [0, 0.1) is 0 Å². The topological polar surface area (TPSA) is 48.5 Å². The second kappa shape index (κ2) is 8.32. The minimum absolute atomic E-state index is 0.0266. The van der Waals surface area contributed by atoms with Crippen molar-refractivity contribution in [2.45, 2.75) is 13.0 Å². The van der Waals surface area contributed by atoms with E-state index in [1.165, 1.54) is 0 Å². The number of piperazine rings is 1. The van der Waals surface area contributed by atoms with Gasteiger partial charge in [-0.2, -0.15) is 0 Å². The fourth-order valence-corrected chi connectivity index (χ4v) is 3.37. The summed E-state index contributed by atoms with van der Waals surface area (Å²) in [5.41, 5.74) is 0.942. The first-order valence-electron chi connectivity index (χ1n) is 8.55. The predicted octanol–water partition coefficient (Wildman–Crippen LogP) is 2.73. The van der Waals surface area contributed by atoms with Gasteiger partial charge in [0.2, 0.25) is 5.91 Å². The van der Waals surface area contributed by atoms with Crippen molar-refractivity contribution in [2.24, 2.45) is 0 Å². The maximum Gasteiger partial charge on any atom is 0.234 e. The highest BCUT2D eigenvalue weighted by Gasteiger charge is 2.20. The molecule has 2 heterocycles. The molecule has 132 valence electrons. The zero-order valence-corrected chi connectivity index (χ0v) is 15.1. The van der Waals surface area contributed by atoms with E-state index in [9.17, 15) is 4.79 Å². The van der Waals surface area contributed by atoms with Crippen molar-refractivity contribution in [1.29, 1.82) is 0 Å². The van der Waals surface area contributed by atoms with Gasteiger partial charge in [0, 0.05) is 37.4 Å². The average molecular weight is 359 g/mol. The van der Waals surface area contributed by atoms with Crippen LogP contribution in [0.3, 0.4) is 0 Å². The van der Waals surface area contributed by atoms with Crippen LogP contribution in [-0.2, 0) is 4.79 Å². The number of carbonyl (C=O) groups excluding carboxylic acids is 1. The average Bonchev–Trinajstić information content (AvgIpc) is 2.63. The van der Waals surface area contributed by atoms with Gasteiger partial charge >= 0.3 is 0 Å². The molecule has 1 fully saturated rings. The lowest BCUT2D eigenvalue weighted by molar-refractivity contribution is -0.123. The Morgan fingerprint density at radius 1 is 1.16 bits per heavy atom. The molecule has 1 amide bonds. The van der Waals surface area contributed by atoms with Gasteiger partial charge in [0.1, 0.15) is 5.82 Å². The molecule has 0 aliphatic carbocycles. The first kappa shape index (κ1) is 17.7. The van der Waals surface area contributed by atoms with Crippen LogP contribution in [0.4, 0.5) is 5.82 Å². The van der Waals surface area contributed by atoms with Gasteiger partial charge in [-0.15, -0.1) is 0 Å². The number of carbonyl (C=O) groups is 1. The van der Waals surface area contributed by atoms with E-state index in [-0.39, 0.29) is 11.9 Å². The third-order valence-electron chi connectivity index (χ3n) is 4.46. The van der Waals surface area contributed by atoms with E-state index in [4.69, 9.17) is 11.6 Å². The highest BCUT2D eigenvalue weighted by molar-refractivity contribution is 6.31. The molecule has 1 aliphatic heterocycles. The van der Waals surface area contributed by atoms with E-state index in [0.717, 1.165) is 37.6 Å². The molecule has 1 aromatic carbocycles. The van der Waals surface area contributed by atoms with E-state index >= 15 is 0 Å². The quantitative estimate of drug-likeness (QED) is 0.892. The molecular formula is C19H23ClN4O. The van der Waals surface area contributed by atoms with Gasteiger partial charge in [0.05, 0.1) is 12.6 Å². The Morgan fingerprint density at radius 3 is 2.56 bits per heavy atom. The summed E-state index contributed by atoms with van der Waals surface area (Å²) in [5.74, 6) is 1.03. The Kier molecular flexibility index (Phi) is 5.89. The van der Waals surface area contributed by atoms with Crippen LogP contribution in [0.15, 0.2) is 48.7 Å². The first-order valence-corrected chi connectivity index (χ1v) is 8.93. The van der Waals surface area contributed by atoms with E-state index < -0.39 is 0 Å². The van der Waals surface area contributed by atoms with Crippen LogP contribution < -0.4 is 10.2 Å². The SMILES string of the molecule is C[C@@H](NC(=O)CN1CCN(c2ccccn2)CC1)c1ccccc1Cl. The molecule has 25 heavy (non-hydrogen) atoms. The number of hydrogen-bond acceptors (Lipinski definition) is 4. The lowest BCUT2D eigenvalue weighted by Gasteiger charge is -2.35. The molecule has 6 heteroatoms. The number of halogens is 1. The minimum Gasteiger partial charge on any atom is -0.354 e. The van der Waals surface area contributed by atoms with Gasteiger partial charge < -0.3 is 10.2 Å². The van der Waals surface area contributed by atoms with Crippen molar-refractivity contribution in [3.63, 3.8) is 0 Å². The lowest BCUT2D eigenvalue weighted by Crippen LogP contribution is -2.49. The fourth-order valence-electron chi connectivity index (χ4n) is 3.07. The number of amides is 1. The van der Waals surface area contributed by atoms with Crippen LogP contribution in [-0.4, -0.2) is 48.5 Å². The summed E-state index contributed by atoms with van der Waals surface area (Å²) in [4.78, 5) is 21.1. The Balaban J connectivity index is 1.47. The third kappa shape index (κ3) is 4.71. The maximum absolute atomic E-state index is 12.3. The molecule has 0 unspecified atom stereocenters. The van der Waals surface area contributed by atoms with Gasteiger partial charge in [-0.1, -0.05) is 35.9 Å². The summed E-state index contributed by atoms with van der Waals surface area (Å²) in [6.45, 7) is 5.83. The lowest BCUT2D eigenvalue weighted by atomic mass is 10.1. The Bertz CT molecular complexity index is 702. The van der Waals surface area contributed by atoms with Gasteiger partial charge in [-0.3, -0.25) is 9.69 Å². The highest BCUT2D eigenvalue weighted by Crippen LogP contribution is 2.22. The van der Waals surface area contributed by atoms with Gasteiger partial charge in [0.25, 0.3) is 0 Å². The number of aromatic nitrogens is 1. The molecule has 5 nitrogen and oxygen atoms in total. The van der Waals surface area contributed by atoms with Crippen molar-refractivity contribution >= 4 is 23.3 Å². The number of nitrogens with zero attached hydrogens (tertiary/aromatic N) is 3. The Hall–Kier alpha value is -2.11. The summed E-state index contributed by atoms with van der Waals surface area (Å²) in [5, 5.41) is 3.72. The van der Waals surface area contributed by atoms with Crippen molar-refractivity contribution < 1.29 is 4.79 Å². The molecule has 0 saturated carbocycles. The third-order valence-corrected chi connectivity index (χ3v) is 4.81. The molecule has 0 spiro atoms. The van der Waals surface area contributed by atoms with Gasteiger partial charge in [-0.05, 0) is 30.7 Å². The molecule has 0 radical (unpaired) electrons. The zero-order chi connectivity index (χ0) is 17.6. The van der Waals surface area contributed by atoms with Gasteiger partial charge in [0.15, 0.2) is 0 Å². The van der Waals surface area contributed by atoms with Crippen molar-refractivity contribution in [2.75, 3.05) is 37.6 Å². The number of benzene rings is 1. The largest absolute Gasteiger partial charge is 0.354 e. The number of pyridine rings is 1. The molecule has 1 N–H and O–H groups in total. The maximum atomic E-state index is 12.3. The summed E-state index contributed by atoms with van der Waals surface area (Å²) in [6.07, 6.45) is 1.81. The molecule has 1 aliphatic rings. The van der Waals surface area contributed by atoms with E-state index in [1.54, 1.807) is 0 Å².